The van der Waals surface area contributed by atoms with Crippen molar-refractivity contribution in [2.45, 2.75) is 90.1 Å². The fraction of sp³-hybridized carbons (Fsp3) is 0.459. The lowest BCUT2D eigenvalue weighted by atomic mass is 9.97. The molecule has 48 heavy (non-hydrogen) atoms. The molecular formula is C37H48N2O8S. The zero-order valence-electron chi connectivity index (χ0n) is 28.2. The van der Waals surface area contributed by atoms with Crippen molar-refractivity contribution >= 4 is 22.0 Å². The first-order valence-corrected chi connectivity index (χ1v) is 18.2. The van der Waals surface area contributed by atoms with Crippen molar-refractivity contribution in [1.29, 1.82) is 0 Å². The molecule has 2 amide bonds. The van der Waals surface area contributed by atoms with Crippen LogP contribution in [0.3, 0.4) is 0 Å². The number of benzene rings is 3. The molecular weight excluding hydrogens is 632 g/mol. The van der Waals surface area contributed by atoms with Gasteiger partial charge in [-0.2, -0.15) is 0 Å². The third-order valence-corrected chi connectivity index (χ3v) is 9.54. The summed E-state index contributed by atoms with van der Waals surface area (Å²) in [4.78, 5) is 27.8. The van der Waals surface area contributed by atoms with Crippen LogP contribution in [0.15, 0.2) is 72.8 Å². The van der Waals surface area contributed by atoms with E-state index in [-0.39, 0.29) is 11.7 Å². The molecule has 0 aromatic heterocycles. The monoisotopic (exact) mass is 680 g/mol. The van der Waals surface area contributed by atoms with Crippen LogP contribution in [0.2, 0.25) is 0 Å². The molecule has 4 rings (SSSR count). The van der Waals surface area contributed by atoms with E-state index in [2.05, 4.69) is 0 Å². The standard InChI is InChI=1S/C37H48N2O8S/c1-26(34(41)29-11-7-5-8-12-29)39(36(43)47-37(2,3)4)22-21-27-15-17-28(18-16-27)30-19-20-32(35(42)38-48(44,45)24-23-40)33(25-30)46-31-13-9-6-10-14-31/h5,7-8,11-12,15-20,25-26,31,34,40-41H,6,9-10,13-14,21-24H2,1-4H3,(H,38,42)/t26-,34-/m0/s1. The van der Waals surface area contributed by atoms with Gasteiger partial charge in [-0.05, 0) is 94.2 Å². The van der Waals surface area contributed by atoms with Crippen LogP contribution in [0.1, 0.15) is 87.4 Å². The van der Waals surface area contributed by atoms with Gasteiger partial charge in [0.05, 0.1) is 36.2 Å². The van der Waals surface area contributed by atoms with Crippen LogP contribution in [0.25, 0.3) is 11.1 Å². The molecule has 3 aromatic carbocycles. The van der Waals surface area contributed by atoms with Crippen LogP contribution in [-0.2, 0) is 21.2 Å². The number of ether oxygens (including phenoxy) is 2. The minimum Gasteiger partial charge on any atom is -0.490 e. The van der Waals surface area contributed by atoms with Crippen LogP contribution in [-0.4, -0.2) is 72.2 Å². The summed E-state index contributed by atoms with van der Waals surface area (Å²) in [6.45, 7) is 6.96. The van der Waals surface area contributed by atoms with Crippen LogP contribution in [0.5, 0.6) is 5.75 Å². The third-order valence-electron chi connectivity index (χ3n) is 8.33. The van der Waals surface area contributed by atoms with Crippen molar-refractivity contribution in [2.75, 3.05) is 18.9 Å². The first kappa shape index (κ1) is 36.9. The van der Waals surface area contributed by atoms with E-state index in [1.54, 1.807) is 23.1 Å². The Morgan fingerprint density at radius 1 is 0.958 bits per heavy atom. The lowest BCUT2D eigenvalue weighted by Crippen LogP contribution is -2.45. The lowest BCUT2D eigenvalue weighted by Gasteiger charge is -2.34. The highest BCUT2D eigenvalue weighted by molar-refractivity contribution is 7.90. The number of rotatable bonds is 13. The second-order valence-electron chi connectivity index (χ2n) is 13.3. The number of sulfonamides is 1. The van der Waals surface area contributed by atoms with E-state index >= 15 is 0 Å². The van der Waals surface area contributed by atoms with Crippen molar-refractivity contribution in [2.24, 2.45) is 0 Å². The van der Waals surface area contributed by atoms with Crippen LogP contribution in [0.4, 0.5) is 4.79 Å². The van der Waals surface area contributed by atoms with Gasteiger partial charge >= 0.3 is 6.09 Å². The second kappa shape index (κ2) is 16.5. The van der Waals surface area contributed by atoms with E-state index in [0.29, 0.717) is 24.3 Å². The largest absolute Gasteiger partial charge is 0.490 e. The van der Waals surface area contributed by atoms with Crippen molar-refractivity contribution in [3.05, 3.63) is 89.5 Å². The summed E-state index contributed by atoms with van der Waals surface area (Å²) in [5.74, 6) is -1.08. The van der Waals surface area contributed by atoms with Gasteiger partial charge in [-0.3, -0.25) is 4.79 Å². The molecule has 1 aliphatic carbocycles. The summed E-state index contributed by atoms with van der Waals surface area (Å²) >= 11 is 0. The first-order valence-electron chi connectivity index (χ1n) is 16.5. The number of carbonyl (C=O) groups is 2. The summed E-state index contributed by atoms with van der Waals surface area (Å²) in [5.41, 5.74) is 2.75. The highest BCUT2D eigenvalue weighted by atomic mass is 32.2. The molecule has 3 N–H and O–H groups in total. The Balaban J connectivity index is 1.53. The van der Waals surface area contributed by atoms with Crippen LogP contribution >= 0.6 is 0 Å². The van der Waals surface area contributed by atoms with Gasteiger partial charge < -0.3 is 24.6 Å². The minimum atomic E-state index is -4.00. The second-order valence-corrected chi connectivity index (χ2v) is 15.1. The van der Waals surface area contributed by atoms with Crippen LogP contribution in [0, 0.1) is 0 Å². The topological polar surface area (TPSA) is 142 Å². The number of hydrogen-bond acceptors (Lipinski definition) is 8. The van der Waals surface area contributed by atoms with Crippen molar-refractivity contribution in [3.8, 4) is 16.9 Å². The highest BCUT2D eigenvalue weighted by Gasteiger charge is 2.30. The molecule has 10 nitrogen and oxygen atoms in total. The van der Waals surface area contributed by atoms with Gasteiger partial charge in [-0.1, -0.05) is 67.1 Å². The molecule has 1 fully saturated rings. The SMILES string of the molecule is C[C@@H]([C@H](O)c1ccccc1)N(CCc1ccc(-c2ccc(C(=O)NS(=O)(=O)CCO)c(OC3CCCCC3)c2)cc1)C(=O)OC(C)(C)C. The highest BCUT2D eigenvalue weighted by Crippen LogP contribution is 2.32. The fourth-order valence-corrected chi connectivity index (χ4v) is 6.45. The van der Waals surface area contributed by atoms with Gasteiger partial charge in [0.25, 0.3) is 5.91 Å². The van der Waals surface area contributed by atoms with E-state index in [0.717, 1.165) is 48.8 Å². The summed E-state index contributed by atoms with van der Waals surface area (Å²) < 4.78 is 38.4. The Kier molecular flexibility index (Phi) is 12.6. The average Bonchev–Trinajstić information content (AvgIpc) is 3.04. The zero-order chi connectivity index (χ0) is 34.9. The molecule has 0 bridgehead atoms. The normalized spacial score (nSPS) is 15.3. The number of hydrogen-bond donors (Lipinski definition) is 3. The van der Waals surface area contributed by atoms with Crippen molar-refractivity contribution in [3.63, 3.8) is 0 Å². The molecule has 0 heterocycles. The Morgan fingerprint density at radius 3 is 2.23 bits per heavy atom. The predicted octanol–water partition coefficient (Wildman–Crippen LogP) is 6.02. The molecule has 11 heteroatoms. The molecule has 0 saturated heterocycles. The summed E-state index contributed by atoms with van der Waals surface area (Å²) in [7, 11) is -4.00. The zero-order valence-corrected chi connectivity index (χ0v) is 29.0. The molecule has 1 aliphatic rings. The maximum atomic E-state index is 13.3. The van der Waals surface area contributed by atoms with E-state index in [4.69, 9.17) is 14.6 Å². The Hall–Kier alpha value is -3.93. The van der Waals surface area contributed by atoms with Crippen molar-refractivity contribution in [1.82, 2.24) is 9.62 Å². The fourth-order valence-electron chi connectivity index (χ4n) is 5.71. The molecule has 0 spiro atoms. The van der Waals surface area contributed by atoms with E-state index < -0.39 is 52.1 Å². The number of aliphatic hydroxyl groups excluding tert-OH is 2. The molecule has 0 unspecified atom stereocenters. The smallest absolute Gasteiger partial charge is 0.410 e. The Labute approximate surface area is 284 Å². The van der Waals surface area contributed by atoms with E-state index in [1.807, 2.05) is 87.0 Å². The average molecular weight is 681 g/mol. The number of aliphatic hydroxyl groups is 2. The quantitative estimate of drug-likeness (QED) is 0.199. The van der Waals surface area contributed by atoms with Gasteiger partial charge in [0.15, 0.2) is 0 Å². The molecule has 0 radical (unpaired) electrons. The summed E-state index contributed by atoms with van der Waals surface area (Å²) in [6.07, 6.45) is 3.92. The van der Waals surface area contributed by atoms with Gasteiger partial charge in [0, 0.05) is 6.54 Å². The molecule has 3 aromatic rings. The number of nitrogens with zero attached hydrogens (tertiary/aromatic N) is 1. The van der Waals surface area contributed by atoms with Gasteiger partial charge in [-0.15, -0.1) is 0 Å². The Morgan fingerprint density at radius 2 is 1.60 bits per heavy atom. The maximum Gasteiger partial charge on any atom is 0.410 e. The first-order chi connectivity index (χ1) is 22.8. The molecule has 1 saturated carbocycles. The number of nitrogens with one attached hydrogen (secondary N) is 1. The predicted molar refractivity (Wildman–Crippen MR) is 185 cm³/mol. The molecule has 0 aliphatic heterocycles. The third kappa shape index (κ3) is 10.5. The van der Waals surface area contributed by atoms with Gasteiger partial charge in [0.2, 0.25) is 10.0 Å². The maximum absolute atomic E-state index is 13.3. The molecule has 2 atom stereocenters. The van der Waals surface area contributed by atoms with Crippen LogP contribution < -0.4 is 9.46 Å². The van der Waals surface area contributed by atoms with Crippen molar-refractivity contribution < 1.29 is 37.7 Å². The van der Waals surface area contributed by atoms with E-state index in [1.165, 1.54) is 0 Å². The molecule has 260 valence electrons. The Bertz CT molecular complexity index is 1620. The lowest BCUT2D eigenvalue weighted by molar-refractivity contribution is -0.00239. The van der Waals surface area contributed by atoms with Gasteiger partial charge in [-0.25, -0.2) is 17.9 Å². The summed E-state index contributed by atoms with van der Waals surface area (Å²) in [5, 5.41) is 20.2. The number of carbonyl (C=O) groups excluding carboxylic acids is 2. The van der Waals surface area contributed by atoms with E-state index in [9.17, 15) is 23.1 Å². The van der Waals surface area contributed by atoms with Gasteiger partial charge in [0.1, 0.15) is 11.4 Å². The minimum absolute atomic E-state index is 0.0762. The summed E-state index contributed by atoms with van der Waals surface area (Å²) in [6, 6.07) is 21.6. The number of amides is 2.